The molecule has 2 amide bonds. The molecule has 0 spiro atoms. The zero-order valence-corrected chi connectivity index (χ0v) is 9.08. The number of nitrogens with one attached hydrogen (secondary N) is 2. The zero-order chi connectivity index (χ0) is 11.5. The first-order valence-corrected chi connectivity index (χ1v) is 5.67. The van der Waals surface area contributed by atoms with Crippen molar-refractivity contribution in [3.8, 4) is 0 Å². The zero-order valence-electron chi connectivity index (χ0n) is 8.27. The molecule has 0 saturated heterocycles. The van der Waals surface area contributed by atoms with E-state index in [2.05, 4.69) is 10.6 Å². The number of carbonyl (C=O) groups is 2. The van der Waals surface area contributed by atoms with Crippen molar-refractivity contribution >= 4 is 29.4 Å². The Bertz CT molecular complexity index is 436. The molecule has 1 aromatic rings. The molecule has 16 heavy (non-hydrogen) atoms. The van der Waals surface area contributed by atoms with Crippen LogP contribution < -0.4 is 10.6 Å². The number of hydrogen-bond acceptors (Lipinski definition) is 3. The van der Waals surface area contributed by atoms with Crippen LogP contribution in [0.5, 0.6) is 0 Å². The highest BCUT2D eigenvalue weighted by Crippen LogP contribution is 2.30. The van der Waals surface area contributed by atoms with Gasteiger partial charge in [-0.15, -0.1) is 11.8 Å². The third-order valence-corrected chi connectivity index (χ3v) is 3.33. The monoisotopic (exact) mass is 238 g/mol. The number of carboxylic acid groups (broad SMARTS) is 1. The van der Waals surface area contributed by atoms with Gasteiger partial charge in [0, 0.05) is 10.6 Å². The first-order chi connectivity index (χ1) is 7.66. The second kappa shape index (κ2) is 4.44. The van der Waals surface area contributed by atoms with E-state index in [9.17, 15) is 9.59 Å². The van der Waals surface area contributed by atoms with Gasteiger partial charge < -0.3 is 15.7 Å². The van der Waals surface area contributed by atoms with Crippen LogP contribution in [0.3, 0.4) is 0 Å². The van der Waals surface area contributed by atoms with Crippen LogP contribution in [-0.2, 0) is 4.79 Å². The molecular formula is C10H10N2O3S. The van der Waals surface area contributed by atoms with Gasteiger partial charge in [0.05, 0.1) is 5.69 Å². The number of fused-ring (bicyclic) bond motifs is 1. The van der Waals surface area contributed by atoms with Crippen molar-refractivity contribution in [3.05, 3.63) is 24.3 Å². The smallest absolute Gasteiger partial charge is 0.405 e. The Hall–Kier alpha value is -1.69. The molecule has 1 atom stereocenters. The lowest BCUT2D eigenvalue weighted by molar-refractivity contribution is -0.117. The SMILES string of the molecule is O=C(O)NC1CSc2ccccc2NC1=O. The lowest BCUT2D eigenvalue weighted by atomic mass is 10.3. The van der Waals surface area contributed by atoms with Crippen LogP contribution in [0.4, 0.5) is 10.5 Å². The first-order valence-electron chi connectivity index (χ1n) is 4.69. The highest BCUT2D eigenvalue weighted by atomic mass is 32.2. The average molecular weight is 238 g/mol. The quantitative estimate of drug-likeness (QED) is 0.690. The predicted octanol–water partition coefficient (Wildman–Crippen LogP) is 1.37. The van der Waals surface area contributed by atoms with Crippen molar-refractivity contribution < 1.29 is 14.7 Å². The third kappa shape index (κ3) is 2.27. The Labute approximate surface area is 96.2 Å². The molecule has 0 radical (unpaired) electrons. The van der Waals surface area contributed by atoms with Gasteiger partial charge in [0.1, 0.15) is 6.04 Å². The van der Waals surface area contributed by atoms with Crippen LogP contribution >= 0.6 is 11.8 Å². The standard InChI is InChI=1S/C10H10N2O3S/c13-9-7(12-10(14)15)5-16-8-4-2-1-3-6(8)11-9/h1-4,7,12H,5H2,(H,11,13)(H,14,15). The largest absolute Gasteiger partial charge is 0.465 e. The second-order valence-corrected chi connectivity index (χ2v) is 4.36. The second-order valence-electron chi connectivity index (χ2n) is 3.30. The van der Waals surface area contributed by atoms with Crippen molar-refractivity contribution in [1.29, 1.82) is 0 Å². The molecule has 2 rings (SSSR count). The summed E-state index contributed by atoms with van der Waals surface area (Å²) in [4.78, 5) is 23.1. The van der Waals surface area contributed by atoms with Crippen LogP contribution in [0.15, 0.2) is 29.2 Å². The number of amides is 2. The summed E-state index contributed by atoms with van der Waals surface area (Å²) in [5, 5.41) is 13.5. The lowest BCUT2D eigenvalue weighted by Crippen LogP contribution is -2.44. The predicted molar refractivity (Wildman–Crippen MR) is 60.7 cm³/mol. The molecule has 1 aliphatic heterocycles. The van der Waals surface area contributed by atoms with Crippen molar-refractivity contribution in [2.24, 2.45) is 0 Å². The molecule has 0 bridgehead atoms. The Balaban J connectivity index is 2.18. The molecule has 3 N–H and O–H groups in total. The number of anilines is 1. The highest BCUT2D eigenvalue weighted by molar-refractivity contribution is 7.99. The number of para-hydroxylation sites is 1. The van der Waals surface area contributed by atoms with E-state index in [1.54, 1.807) is 6.07 Å². The summed E-state index contributed by atoms with van der Waals surface area (Å²) in [6.07, 6.45) is -1.19. The summed E-state index contributed by atoms with van der Waals surface area (Å²) < 4.78 is 0. The summed E-state index contributed by atoms with van der Waals surface area (Å²) in [5.74, 6) is 0.0784. The molecule has 0 aromatic heterocycles. The van der Waals surface area contributed by atoms with E-state index < -0.39 is 12.1 Å². The Kier molecular flexibility index (Phi) is 3.00. The van der Waals surface area contributed by atoms with Gasteiger partial charge in [0.2, 0.25) is 5.91 Å². The molecule has 1 aliphatic rings. The van der Waals surface area contributed by atoms with E-state index in [1.807, 2.05) is 18.2 Å². The summed E-state index contributed by atoms with van der Waals surface area (Å²) in [7, 11) is 0. The Morgan fingerprint density at radius 2 is 2.25 bits per heavy atom. The average Bonchev–Trinajstić information content (AvgIpc) is 2.39. The summed E-state index contributed by atoms with van der Waals surface area (Å²) in [6, 6.07) is 6.68. The molecule has 1 unspecified atom stereocenters. The minimum atomic E-state index is -1.19. The van der Waals surface area contributed by atoms with Crippen LogP contribution in [0.1, 0.15) is 0 Å². The molecule has 0 aliphatic carbocycles. The van der Waals surface area contributed by atoms with Crippen LogP contribution in [0.25, 0.3) is 0 Å². The van der Waals surface area contributed by atoms with E-state index in [0.717, 1.165) is 10.6 Å². The number of hydrogen-bond donors (Lipinski definition) is 3. The van der Waals surface area contributed by atoms with Crippen molar-refractivity contribution in [1.82, 2.24) is 5.32 Å². The Morgan fingerprint density at radius 1 is 1.50 bits per heavy atom. The lowest BCUT2D eigenvalue weighted by Gasteiger charge is -2.11. The summed E-state index contributed by atoms with van der Waals surface area (Å²) >= 11 is 1.45. The van der Waals surface area contributed by atoms with Crippen LogP contribution in [0.2, 0.25) is 0 Å². The van der Waals surface area contributed by atoms with E-state index in [0.29, 0.717) is 5.75 Å². The van der Waals surface area contributed by atoms with Gasteiger partial charge in [0.15, 0.2) is 0 Å². The van der Waals surface area contributed by atoms with Crippen molar-refractivity contribution in [3.63, 3.8) is 0 Å². The van der Waals surface area contributed by atoms with E-state index in [1.165, 1.54) is 11.8 Å². The number of thioether (sulfide) groups is 1. The number of benzene rings is 1. The summed E-state index contributed by atoms with van der Waals surface area (Å²) in [5.41, 5.74) is 0.729. The fraction of sp³-hybridized carbons (Fsp3) is 0.200. The van der Waals surface area contributed by atoms with Crippen molar-refractivity contribution in [2.75, 3.05) is 11.1 Å². The van der Waals surface area contributed by atoms with Crippen LogP contribution in [-0.4, -0.2) is 28.9 Å². The van der Waals surface area contributed by atoms with E-state index >= 15 is 0 Å². The normalized spacial score (nSPS) is 19.2. The minimum Gasteiger partial charge on any atom is -0.465 e. The minimum absolute atomic E-state index is 0.320. The Morgan fingerprint density at radius 3 is 3.00 bits per heavy atom. The van der Waals surface area contributed by atoms with Crippen LogP contribution in [0, 0.1) is 0 Å². The van der Waals surface area contributed by atoms with Gasteiger partial charge in [-0.3, -0.25) is 4.79 Å². The van der Waals surface area contributed by atoms with Gasteiger partial charge in [-0.1, -0.05) is 12.1 Å². The first kappa shape index (κ1) is 10.8. The summed E-state index contributed by atoms with van der Waals surface area (Å²) in [6.45, 7) is 0. The molecule has 6 heteroatoms. The van der Waals surface area contributed by atoms with Gasteiger partial charge in [0.25, 0.3) is 0 Å². The topological polar surface area (TPSA) is 78.4 Å². The highest BCUT2D eigenvalue weighted by Gasteiger charge is 2.24. The molecule has 1 aromatic carbocycles. The fourth-order valence-corrected chi connectivity index (χ4v) is 2.45. The maximum absolute atomic E-state index is 11.7. The van der Waals surface area contributed by atoms with Gasteiger partial charge in [-0.2, -0.15) is 0 Å². The third-order valence-electron chi connectivity index (χ3n) is 2.16. The van der Waals surface area contributed by atoms with Crippen molar-refractivity contribution in [2.45, 2.75) is 10.9 Å². The number of rotatable bonds is 1. The van der Waals surface area contributed by atoms with Gasteiger partial charge in [-0.05, 0) is 12.1 Å². The van der Waals surface area contributed by atoms with E-state index in [-0.39, 0.29) is 5.91 Å². The maximum atomic E-state index is 11.7. The maximum Gasteiger partial charge on any atom is 0.405 e. The molecule has 0 saturated carbocycles. The fourth-order valence-electron chi connectivity index (χ4n) is 1.42. The molecular weight excluding hydrogens is 228 g/mol. The van der Waals surface area contributed by atoms with Gasteiger partial charge >= 0.3 is 6.09 Å². The van der Waals surface area contributed by atoms with E-state index in [4.69, 9.17) is 5.11 Å². The molecule has 1 heterocycles. The molecule has 84 valence electrons. The number of carbonyl (C=O) groups excluding carboxylic acids is 1. The molecule has 0 fully saturated rings. The molecule has 5 nitrogen and oxygen atoms in total. The van der Waals surface area contributed by atoms with Gasteiger partial charge in [-0.25, -0.2) is 4.79 Å².